The molecule has 0 aliphatic heterocycles. The van der Waals surface area contributed by atoms with Gasteiger partial charge in [-0.3, -0.25) is 14.9 Å². The maximum atomic E-state index is 12.1. The number of benzene rings is 2. The number of nitrogens with zero attached hydrogens (tertiary/aromatic N) is 1. The Balaban J connectivity index is 2.22. The van der Waals surface area contributed by atoms with Crippen LogP contribution in [-0.2, 0) is 0 Å². The SMILES string of the molecule is Cc1cc(NC(=O)c2ccc([N+](=O)[O-])c(Cl)c2)ccc1Br. The molecule has 7 heteroatoms. The Labute approximate surface area is 134 Å². The molecule has 2 aromatic carbocycles. The maximum Gasteiger partial charge on any atom is 0.287 e. The van der Waals surface area contributed by atoms with Crippen molar-refractivity contribution in [1.82, 2.24) is 0 Å². The number of aryl methyl sites for hydroxylation is 1. The molecule has 0 spiro atoms. The minimum absolute atomic E-state index is 0.0698. The highest BCUT2D eigenvalue weighted by Crippen LogP contribution is 2.26. The van der Waals surface area contributed by atoms with Crippen molar-refractivity contribution in [2.45, 2.75) is 6.92 Å². The van der Waals surface area contributed by atoms with Crippen LogP contribution in [0.3, 0.4) is 0 Å². The number of halogens is 2. The van der Waals surface area contributed by atoms with Gasteiger partial charge in [-0.2, -0.15) is 0 Å². The second kappa shape index (κ2) is 6.24. The van der Waals surface area contributed by atoms with Crippen molar-refractivity contribution in [3.63, 3.8) is 0 Å². The molecule has 21 heavy (non-hydrogen) atoms. The zero-order valence-corrected chi connectivity index (χ0v) is 13.2. The van der Waals surface area contributed by atoms with Gasteiger partial charge in [-0.05, 0) is 42.8 Å². The fourth-order valence-electron chi connectivity index (χ4n) is 1.72. The zero-order valence-electron chi connectivity index (χ0n) is 10.9. The Bertz CT molecular complexity index is 734. The number of nitrogens with one attached hydrogen (secondary N) is 1. The molecule has 0 aliphatic rings. The minimum Gasteiger partial charge on any atom is -0.322 e. The van der Waals surface area contributed by atoms with Gasteiger partial charge in [0.05, 0.1) is 4.92 Å². The Morgan fingerprint density at radius 1 is 1.29 bits per heavy atom. The molecular formula is C14H10BrClN2O3. The lowest BCUT2D eigenvalue weighted by atomic mass is 10.1. The Morgan fingerprint density at radius 2 is 2.00 bits per heavy atom. The highest BCUT2D eigenvalue weighted by Gasteiger charge is 2.15. The average molecular weight is 370 g/mol. The fourth-order valence-corrected chi connectivity index (χ4v) is 2.22. The van der Waals surface area contributed by atoms with Crippen molar-refractivity contribution in [2.24, 2.45) is 0 Å². The zero-order chi connectivity index (χ0) is 15.6. The van der Waals surface area contributed by atoms with Crippen LogP contribution in [0.25, 0.3) is 0 Å². The molecule has 0 aliphatic carbocycles. The lowest BCUT2D eigenvalue weighted by molar-refractivity contribution is -0.384. The van der Waals surface area contributed by atoms with Crippen LogP contribution in [0.2, 0.25) is 5.02 Å². The Kier molecular flexibility index (Phi) is 4.59. The average Bonchev–Trinajstić information content (AvgIpc) is 2.42. The molecule has 1 amide bonds. The van der Waals surface area contributed by atoms with E-state index in [-0.39, 0.29) is 22.2 Å². The second-order valence-electron chi connectivity index (χ2n) is 4.34. The van der Waals surface area contributed by atoms with E-state index < -0.39 is 4.92 Å². The van der Waals surface area contributed by atoms with Gasteiger partial charge in [-0.1, -0.05) is 27.5 Å². The predicted octanol–water partition coefficient (Wildman–Crippen LogP) is 4.57. The first kappa shape index (κ1) is 15.5. The first-order valence-corrected chi connectivity index (χ1v) is 7.07. The molecule has 1 N–H and O–H groups in total. The highest BCUT2D eigenvalue weighted by atomic mass is 79.9. The van der Waals surface area contributed by atoms with Crippen molar-refractivity contribution in [2.75, 3.05) is 5.32 Å². The largest absolute Gasteiger partial charge is 0.322 e. The van der Waals surface area contributed by atoms with Crippen molar-refractivity contribution in [1.29, 1.82) is 0 Å². The van der Waals surface area contributed by atoms with Gasteiger partial charge in [0.15, 0.2) is 0 Å². The summed E-state index contributed by atoms with van der Waals surface area (Å²) in [7, 11) is 0. The molecule has 0 bridgehead atoms. The first-order chi connectivity index (χ1) is 9.88. The van der Waals surface area contributed by atoms with E-state index in [0.717, 1.165) is 10.0 Å². The van der Waals surface area contributed by atoms with Crippen molar-refractivity contribution >= 4 is 44.8 Å². The third-order valence-electron chi connectivity index (χ3n) is 2.82. The van der Waals surface area contributed by atoms with Gasteiger partial charge in [0.25, 0.3) is 11.6 Å². The van der Waals surface area contributed by atoms with Crippen LogP contribution in [0, 0.1) is 17.0 Å². The molecule has 0 saturated carbocycles. The summed E-state index contributed by atoms with van der Waals surface area (Å²) < 4.78 is 0.943. The van der Waals surface area contributed by atoms with E-state index in [1.54, 1.807) is 6.07 Å². The molecule has 0 saturated heterocycles. The van der Waals surface area contributed by atoms with Gasteiger partial charge >= 0.3 is 0 Å². The quantitative estimate of drug-likeness (QED) is 0.636. The molecule has 0 fully saturated rings. The summed E-state index contributed by atoms with van der Waals surface area (Å²) in [5.41, 5.74) is 1.64. The smallest absolute Gasteiger partial charge is 0.287 e. The van der Waals surface area contributed by atoms with E-state index in [1.807, 2.05) is 19.1 Å². The number of anilines is 1. The van der Waals surface area contributed by atoms with E-state index in [2.05, 4.69) is 21.2 Å². The number of hydrogen-bond donors (Lipinski definition) is 1. The summed E-state index contributed by atoms with van der Waals surface area (Å²) in [5, 5.41) is 13.3. The van der Waals surface area contributed by atoms with Crippen LogP contribution in [-0.4, -0.2) is 10.8 Å². The lowest BCUT2D eigenvalue weighted by Gasteiger charge is -2.07. The van der Waals surface area contributed by atoms with Gasteiger partial charge in [0.1, 0.15) is 5.02 Å². The van der Waals surface area contributed by atoms with Crippen molar-refractivity contribution < 1.29 is 9.72 Å². The van der Waals surface area contributed by atoms with Gasteiger partial charge in [-0.15, -0.1) is 0 Å². The molecular weight excluding hydrogens is 360 g/mol. The second-order valence-corrected chi connectivity index (χ2v) is 5.60. The topological polar surface area (TPSA) is 72.2 Å². The van der Waals surface area contributed by atoms with Crippen LogP contribution in [0.15, 0.2) is 40.9 Å². The summed E-state index contributed by atoms with van der Waals surface area (Å²) in [6.45, 7) is 1.91. The van der Waals surface area contributed by atoms with Gasteiger partial charge in [-0.25, -0.2) is 0 Å². The predicted molar refractivity (Wildman–Crippen MR) is 84.9 cm³/mol. The molecule has 108 valence electrons. The summed E-state index contributed by atoms with van der Waals surface area (Å²) in [6, 6.07) is 9.25. The summed E-state index contributed by atoms with van der Waals surface area (Å²) in [6.07, 6.45) is 0. The van der Waals surface area contributed by atoms with Crippen LogP contribution < -0.4 is 5.32 Å². The molecule has 0 unspecified atom stereocenters. The number of rotatable bonds is 3. The molecule has 5 nitrogen and oxygen atoms in total. The summed E-state index contributed by atoms with van der Waals surface area (Å²) in [4.78, 5) is 22.2. The van der Waals surface area contributed by atoms with Crippen molar-refractivity contribution in [3.8, 4) is 0 Å². The fraction of sp³-hybridized carbons (Fsp3) is 0.0714. The molecule has 0 radical (unpaired) electrons. The van der Waals surface area contributed by atoms with E-state index in [9.17, 15) is 14.9 Å². The maximum absolute atomic E-state index is 12.1. The third kappa shape index (κ3) is 3.59. The van der Waals surface area contributed by atoms with Gasteiger partial charge in [0.2, 0.25) is 0 Å². The monoisotopic (exact) mass is 368 g/mol. The van der Waals surface area contributed by atoms with Crippen LogP contribution in [0.4, 0.5) is 11.4 Å². The normalized spacial score (nSPS) is 10.2. The number of hydrogen-bond acceptors (Lipinski definition) is 3. The molecule has 0 heterocycles. The Morgan fingerprint density at radius 3 is 2.57 bits per heavy atom. The highest BCUT2D eigenvalue weighted by molar-refractivity contribution is 9.10. The Hall–Kier alpha value is -1.92. The van der Waals surface area contributed by atoms with E-state index >= 15 is 0 Å². The summed E-state index contributed by atoms with van der Waals surface area (Å²) in [5.74, 6) is -0.381. The van der Waals surface area contributed by atoms with Crippen LogP contribution in [0.1, 0.15) is 15.9 Å². The van der Waals surface area contributed by atoms with E-state index in [1.165, 1.54) is 18.2 Å². The van der Waals surface area contributed by atoms with Gasteiger partial charge < -0.3 is 5.32 Å². The van der Waals surface area contributed by atoms with Crippen molar-refractivity contribution in [3.05, 3.63) is 67.1 Å². The van der Waals surface area contributed by atoms with Gasteiger partial charge in [0, 0.05) is 21.8 Å². The molecule has 0 atom stereocenters. The molecule has 2 rings (SSSR count). The molecule has 0 aromatic heterocycles. The van der Waals surface area contributed by atoms with E-state index in [4.69, 9.17) is 11.6 Å². The number of carbonyl (C=O) groups excluding carboxylic acids is 1. The summed E-state index contributed by atoms with van der Waals surface area (Å²) >= 11 is 9.17. The van der Waals surface area contributed by atoms with Crippen LogP contribution in [0.5, 0.6) is 0 Å². The lowest BCUT2D eigenvalue weighted by Crippen LogP contribution is -2.12. The standard InChI is InChI=1S/C14H10BrClN2O3/c1-8-6-10(3-4-11(8)15)17-14(19)9-2-5-13(18(20)21)12(16)7-9/h2-7H,1H3,(H,17,19). The van der Waals surface area contributed by atoms with Crippen LogP contribution >= 0.6 is 27.5 Å². The molecule has 2 aromatic rings. The first-order valence-electron chi connectivity index (χ1n) is 5.90. The number of nitro benzene ring substituents is 1. The van der Waals surface area contributed by atoms with E-state index in [0.29, 0.717) is 5.69 Å². The number of amides is 1. The minimum atomic E-state index is -0.595. The third-order valence-corrected chi connectivity index (χ3v) is 4.01. The number of nitro groups is 1. The number of carbonyl (C=O) groups is 1.